The van der Waals surface area contributed by atoms with Crippen molar-refractivity contribution in [1.29, 1.82) is 0 Å². The normalized spacial score (nSPS) is 20.6. The Morgan fingerprint density at radius 1 is 1.41 bits per heavy atom. The van der Waals surface area contributed by atoms with Crippen molar-refractivity contribution in [3.8, 4) is 0 Å². The van der Waals surface area contributed by atoms with Gasteiger partial charge in [0.1, 0.15) is 11.6 Å². The summed E-state index contributed by atoms with van der Waals surface area (Å²) in [6.07, 6.45) is 4.58. The molecule has 17 heavy (non-hydrogen) atoms. The third-order valence-electron chi connectivity index (χ3n) is 3.40. The molecule has 0 aliphatic carbocycles. The fourth-order valence-electron chi connectivity index (χ4n) is 2.46. The summed E-state index contributed by atoms with van der Waals surface area (Å²) in [5.74, 6) is 1.99. The summed E-state index contributed by atoms with van der Waals surface area (Å²) >= 11 is 0. The van der Waals surface area contributed by atoms with Crippen LogP contribution in [0, 0.1) is 6.92 Å². The van der Waals surface area contributed by atoms with E-state index < -0.39 is 0 Å². The molecule has 1 aromatic heterocycles. The van der Waals surface area contributed by atoms with Crippen LogP contribution >= 0.6 is 0 Å². The Labute approximate surface area is 103 Å². The number of anilines is 1. The van der Waals surface area contributed by atoms with Crippen molar-refractivity contribution < 1.29 is 0 Å². The van der Waals surface area contributed by atoms with Crippen molar-refractivity contribution in [2.75, 3.05) is 18.0 Å². The molecule has 0 aromatic carbocycles. The highest BCUT2D eigenvalue weighted by molar-refractivity contribution is 5.41. The number of piperidine rings is 1. The molecule has 2 N–H and O–H groups in total. The Morgan fingerprint density at radius 3 is 2.94 bits per heavy atom. The first-order valence-corrected chi connectivity index (χ1v) is 6.56. The number of aryl methyl sites for hydroxylation is 2. The summed E-state index contributed by atoms with van der Waals surface area (Å²) in [5, 5.41) is 0. The zero-order valence-electron chi connectivity index (χ0n) is 10.8. The Kier molecular flexibility index (Phi) is 3.94. The molecule has 0 bridgehead atoms. The molecule has 1 saturated heterocycles. The predicted octanol–water partition coefficient (Wildman–Crippen LogP) is 1.67. The molecule has 4 heteroatoms. The van der Waals surface area contributed by atoms with Crippen LogP contribution in [0.25, 0.3) is 0 Å². The van der Waals surface area contributed by atoms with Crippen molar-refractivity contribution in [3.05, 3.63) is 17.6 Å². The van der Waals surface area contributed by atoms with Gasteiger partial charge in [0.25, 0.3) is 0 Å². The fraction of sp³-hybridized carbons (Fsp3) is 0.692. The highest BCUT2D eigenvalue weighted by Crippen LogP contribution is 2.23. The van der Waals surface area contributed by atoms with E-state index in [2.05, 4.69) is 27.9 Å². The van der Waals surface area contributed by atoms with Crippen molar-refractivity contribution in [1.82, 2.24) is 9.97 Å². The van der Waals surface area contributed by atoms with Gasteiger partial charge in [-0.2, -0.15) is 0 Å². The van der Waals surface area contributed by atoms with Crippen molar-refractivity contribution in [3.63, 3.8) is 0 Å². The molecular weight excluding hydrogens is 212 g/mol. The quantitative estimate of drug-likeness (QED) is 0.864. The summed E-state index contributed by atoms with van der Waals surface area (Å²) in [6, 6.07) is 2.52. The van der Waals surface area contributed by atoms with Crippen LogP contribution in [0.4, 0.5) is 5.82 Å². The first-order valence-electron chi connectivity index (χ1n) is 6.56. The molecule has 2 rings (SSSR count). The molecule has 1 unspecified atom stereocenters. The van der Waals surface area contributed by atoms with E-state index >= 15 is 0 Å². The second-order valence-electron chi connectivity index (χ2n) is 4.72. The largest absolute Gasteiger partial charge is 0.352 e. The topological polar surface area (TPSA) is 55.0 Å². The lowest BCUT2D eigenvalue weighted by molar-refractivity contribution is 0.461. The Morgan fingerprint density at radius 2 is 2.24 bits per heavy atom. The van der Waals surface area contributed by atoms with Crippen LogP contribution in [-0.4, -0.2) is 29.1 Å². The lowest BCUT2D eigenvalue weighted by Crippen LogP contribution is -2.44. The van der Waals surface area contributed by atoms with Gasteiger partial charge in [0.2, 0.25) is 0 Å². The molecular formula is C13H22N4. The van der Waals surface area contributed by atoms with Crippen LogP contribution in [-0.2, 0) is 6.42 Å². The maximum Gasteiger partial charge on any atom is 0.132 e. The average molecular weight is 234 g/mol. The minimum atomic E-state index is 0.447. The van der Waals surface area contributed by atoms with Crippen LogP contribution in [0.2, 0.25) is 0 Å². The predicted molar refractivity (Wildman–Crippen MR) is 70.2 cm³/mol. The van der Waals surface area contributed by atoms with E-state index in [0.29, 0.717) is 12.6 Å². The highest BCUT2D eigenvalue weighted by atomic mass is 15.2. The Bertz CT molecular complexity index is 378. The number of hydrogen-bond acceptors (Lipinski definition) is 4. The summed E-state index contributed by atoms with van der Waals surface area (Å²) in [5.41, 5.74) is 6.90. The summed E-state index contributed by atoms with van der Waals surface area (Å²) in [6.45, 7) is 5.91. The van der Waals surface area contributed by atoms with Gasteiger partial charge >= 0.3 is 0 Å². The SMILES string of the molecule is CCc1nc(C)cc(N2CCCCC2CN)n1. The molecule has 0 saturated carbocycles. The first-order chi connectivity index (χ1) is 8.24. The number of hydrogen-bond donors (Lipinski definition) is 1. The van der Waals surface area contributed by atoms with E-state index in [-0.39, 0.29) is 0 Å². The fourth-order valence-corrected chi connectivity index (χ4v) is 2.46. The van der Waals surface area contributed by atoms with E-state index in [9.17, 15) is 0 Å². The van der Waals surface area contributed by atoms with E-state index in [0.717, 1.165) is 30.3 Å². The second-order valence-corrected chi connectivity index (χ2v) is 4.72. The molecule has 1 aliphatic heterocycles. The smallest absolute Gasteiger partial charge is 0.132 e. The standard InChI is InChI=1S/C13H22N4/c1-3-12-15-10(2)8-13(16-12)17-7-5-4-6-11(17)9-14/h8,11H,3-7,9,14H2,1-2H3. The summed E-state index contributed by atoms with van der Waals surface area (Å²) in [7, 11) is 0. The van der Waals surface area contributed by atoms with Crippen molar-refractivity contribution in [2.45, 2.75) is 45.6 Å². The average Bonchev–Trinajstić information content (AvgIpc) is 2.37. The maximum absolute atomic E-state index is 5.85. The minimum absolute atomic E-state index is 0.447. The van der Waals surface area contributed by atoms with Crippen LogP contribution in [0.15, 0.2) is 6.07 Å². The molecule has 1 fully saturated rings. The number of nitrogens with two attached hydrogens (primary N) is 1. The van der Waals surface area contributed by atoms with Gasteiger partial charge in [0.05, 0.1) is 0 Å². The molecule has 94 valence electrons. The molecule has 1 aromatic rings. The molecule has 4 nitrogen and oxygen atoms in total. The van der Waals surface area contributed by atoms with Crippen LogP contribution in [0.3, 0.4) is 0 Å². The number of nitrogens with zero attached hydrogens (tertiary/aromatic N) is 3. The van der Waals surface area contributed by atoms with Gasteiger partial charge < -0.3 is 10.6 Å². The number of rotatable bonds is 3. The van der Waals surface area contributed by atoms with Gasteiger partial charge in [0, 0.05) is 37.3 Å². The van der Waals surface area contributed by atoms with Gasteiger partial charge in [0.15, 0.2) is 0 Å². The van der Waals surface area contributed by atoms with Gasteiger partial charge in [-0.15, -0.1) is 0 Å². The Balaban J connectivity index is 2.27. The molecule has 2 heterocycles. The minimum Gasteiger partial charge on any atom is -0.352 e. The molecule has 0 amide bonds. The molecule has 1 aliphatic rings. The molecule has 0 spiro atoms. The van der Waals surface area contributed by atoms with E-state index in [1.54, 1.807) is 0 Å². The van der Waals surface area contributed by atoms with Gasteiger partial charge in [-0.05, 0) is 26.2 Å². The third kappa shape index (κ3) is 2.75. The van der Waals surface area contributed by atoms with Gasteiger partial charge in [-0.1, -0.05) is 6.92 Å². The lowest BCUT2D eigenvalue weighted by atomic mass is 10.0. The van der Waals surface area contributed by atoms with E-state index in [4.69, 9.17) is 5.73 Å². The second kappa shape index (κ2) is 5.45. The Hall–Kier alpha value is -1.16. The van der Waals surface area contributed by atoms with Crippen LogP contribution < -0.4 is 10.6 Å². The van der Waals surface area contributed by atoms with Crippen molar-refractivity contribution >= 4 is 5.82 Å². The van der Waals surface area contributed by atoms with Crippen molar-refractivity contribution in [2.24, 2.45) is 5.73 Å². The zero-order chi connectivity index (χ0) is 12.3. The van der Waals surface area contributed by atoms with E-state index in [1.807, 2.05) is 6.92 Å². The number of aromatic nitrogens is 2. The molecule has 1 atom stereocenters. The third-order valence-corrected chi connectivity index (χ3v) is 3.40. The monoisotopic (exact) mass is 234 g/mol. The van der Waals surface area contributed by atoms with Gasteiger partial charge in [-0.3, -0.25) is 0 Å². The summed E-state index contributed by atoms with van der Waals surface area (Å²) < 4.78 is 0. The first kappa shape index (κ1) is 12.3. The zero-order valence-corrected chi connectivity index (χ0v) is 10.8. The van der Waals surface area contributed by atoms with Crippen LogP contribution in [0.1, 0.15) is 37.7 Å². The summed E-state index contributed by atoms with van der Waals surface area (Å²) in [4.78, 5) is 11.4. The van der Waals surface area contributed by atoms with Gasteiger partial charge in [-0.25, -0.2) is 9.97 Å². The lowest BCUT2D eigenvalue weighted by Gasteiger charge is -2.36. The maximum atomic E-state index is 5.85. The molecule has 0 radical (unpaired) electrons. The van der Waals surface area contributed by atoms with Crippen LogP contribution in [0.5, 0.6) is 0 Å². The van der Waals surface area contributed by atoms with E-state index in [1.165, 1.54) is 19.3 Å². The highest BCUT2D eigenvalue weighted by Gasteiger charge is 2.22.